The molecule has 0 aromatic rings. The van der Waals surface area contributed by atoms with Gasteiger partial charge >= 0.3 is 51.4 Å². The second kappa shape index (κ2) is 16.1. The summed E-state index contributed by atoms with van der Waals surface area (Å²) in [5.74, 6) is 0. The van der Waals surface area contributed by atoms with Gasteiger partial charge in [-0.05, 0) is 0 Å². The first-order valence-electron chi connectivity index (χ1n) is 5.91. The van der Waals surface area contributed by atoms with E-state index in [9.17, 15) is 0 Å². The van der Waals surface area contributed by atoms with Crippen LogP contribution < -0.4 is 0 Å². The molecule has 0 radical (unpaired) electrons. The summed E-state index contributed by atoms with van der Waals surface area (Å²) in [6.45, 7) is 4.56. The molecule has 0 atom stereocenters. The van der Waals surface area contributed by atoms with Crippen LogP contribution in [0.2, 0.25) is 0 Å². The van der Waals surface area contributed by atoms with Gasteiger partial charge in [0.15, 0.2) is 0 Å². The van der Waals surface area contributed by atoms with Gasteiger partial charge in [-0.2, -0.15) is 0 Å². The van der Waals surface area contributed by atoms with E-state index in [4.69, 9.17) is 0 Å². The fourth-order valence-corrected chi connectivity index (χ4v) is 1.56. The molecule has 0 fully saturated rings. The van der Waals surface area contributed by atoms with Crippen LogP contribution in [0.5, 0.6) is 0 Å². The molecule has 0 unspecified atom stereocenters. The van der Waals surface area contributed by atoms with E-state index in [1.54, 1.807) is 0 Å². The maximum atomic E-state index is 2.28. The zero-order valence-corrected chi connectivity index (χ0v) is 9.07. The molecule has 0 N–H and O–H groups in total. The van der Waals surface area contributed by atoms with Crippen LogP contribution in [0, 0.1) is 0 Å². The van der Waals surface area contributed by atoms with E-state index in [-0.39, 0.29) is 51.4 Å². The van der Waals surface area contributed by atoms with Crippen LogP contribution in [0.25, 0.3) is 0 Å². The van der Waals surface area contributed by atoms with Gasteiger partial charge in [-0.15, -0.1) is 0 Å². The van der Waals surface area contributed by atoms with Crippen molar-refractivity contribution in [3.8, 4) is 0 Å². The predicted molar refractivity (Wildman–Crippen MR) is 64.7 cm³/mol. The van der Waals surface area contributed by atoms with E-state index in [0.29, 0.717) is 0 Å². The number of unbranched alkanes of at least 4 members (excludes halogenated alkanes) is 9. The first kappa shape index (κ1) is 17.0. The zero-order chi connectivity index (χ0) is 9.07. The molecule has 0 bridgehead atoms. The van der Waals surface area contributed by atoms with Gasteiger partial charge in [-0.1, -0.05) is 78.1 Å². The van der Waals surface area contributed by atoms with Gasteiger partial charge in [0.1, 0.15) is 0 Å². The van der Waals surface area contributed by atoms with Gasteiger partial charge in [0, 0.05) is 0 Å². The van der Waals surface area contributed by atoms with Crippen molar-refractivity contribution in [3.63, 3.8) is 0 Å². The monoisotopic (exact) mass is 210 g/mol. The Morgan fingerprint density at radius 2 is 0.692 bits per heavy atom. The molecule has 0 nitrogen and oxygen atoms in total. The Bertz CT molecular complexity index is 61.5. The van der Waals surface area contributed by atoms with E-state index in [0.717, 1.165) is 0 Å². The Hall–Kier alpha value is 1.64. The second-order valence-corrected chi connectivity index (χ2v) is 3.83. The van der Waals surface area contributed by atoms with E-state index >= 15 is 0 Å². The molecule has 13 heavy (non-hydrogen) atoms. The van der Waals surface area contributed by atoms with Crippen molar-refractivity contribution in [3.05, 3.63) is 0 Å². The summed E-state index contributed by atoms with van der Waals surface area (Å²) in [6.07, 6.45) is 14.4. The molecule has 0 aromatic carbocycles. The summed E-state index contributed by atoms with van der Waals surface area (Å²) in [5, 5.41) is 0. The number of hydrogen-bond donors (Lipinski definition) is 0. The molecule has 76 valence electrons. The van der Waals surface area contributed by atoms with Crippen LogP contribution in [0.1, 0.15) is 78.1 Å². The van der Waals surface area contributed by atoms with Crippen molar-refractivity contribution in [1.82, 2.24) is 0 Å². The third-order valence-electron chi connectivity index (χ3n) is 2.46. The van der Waals surface area contributed by atoms with Crippen molar-refractivity contribution in [2.45, 2.75) is 78.1 Å². The summed E-state index contributed by atoms with van der Waals surface area (Å²) in [7, 11) is 0. The van der Waals surface area contributed by atoms with Crippen molar-refractivity contribution in [2.24, 2.45) is 0 Å². The minimum atomic E-state index is 0. The summed E-state index contributed by atoms with van der Waals surface area (Å²) >= 11 is 0. The van der Waals surface area contributed by atoms with E-state index < -0.39 is 0 Å². The number of hydrogen-bond acceptors (Lipinski definition) is 0. The van der Waals surface area contributed by atoms with Gasteiger partial charge in [0.25, 0.3) is 0 Å². The Labute approximate surface area is 128 Å². The molecule has 0 aromatic heterocycles. The molecule has 0 heterocycles. The van der Waals surface area contributed by atoms with Crippen LogP contribution in [-0.2, 0) is 0 Å². The third kappa shape index (κ3) is 16.3. The second-order valence-electron chi connectivity index (χ2n) is 3.83. The quantitative estimate of drug-likeness (QED) is 0.394. The summed E-state index contributed by atoms with van der Waals surface area (Å²) in [4.78, 5) is 0. The van der Waals surface area contributed by atoms with Crippen LogP contribution >= 0.6 is 0 Å². The number of rotatable bonds is 9. The summed E-state index contributed by atoms with van der Waals surface area (Å²) in [6, 6.07) is 0. The van der Waals surface area contributed by atoms with Crippen LogP contribution in [0.3, 0.4) is 0 Å². The maximum absolute atomic E-state index is 2.28. The average Bonchev–Trinajstić information content (AvgIpc) is 2.10. The molecule has 0 aliphatic rings. The average molecular weight is 210 g/mol. The topological polar surface area (TPSA) is 0 Å². The normalized spacial score (nSPS) is 9.69. The van der Waals surface area contributed by atoms with Crippen molar-refractivity contribution >= 4 is 51.4 Å². The Kier molecular flexibility index (Phi) is 21.1. The van der Waals surface area contributed by atoms with E-state index in [2.05, 4.69) is 13.8 Å². The summed E-state index contributed by atoms with van der Waals surface area (Å²) < 4.78 is 0. The Balaban J connectivity index is 0. The Morgan fingerprint density at radius 3 is 0.923 bits per heavy atom. The van der Waals surface area contributed by atoms with E-state index in [1.807, 2.05) is 0 Å². The molecule has 1 heteroatoms. The molecular weight excluding hydrogens is 183 g/mol. The van der Waals surface area contributed by atoms with Gasteiger partial charge in [0.2, 0.25) is 0 Å². The third-order valence-corrected chi connectivity index (χ3v) is 2.46. The molecule has 0 amide bonds. The summed E-state index contributed by atoms with van der Waals surface area (Å²) in [5.41, 5.74) is 0. The van der Waals surface area contributed by atoms with Crippen LogP contribution in [0.15, 0.2) is 0 Å². The zero-order valence-electron chi connectivity index (χ0n) is 9.07. The van der Waals surface area contributed by atoms with Gasteiger partial charge < -0.3 is 0 Å². The van der Waals surface area contributed by atoms with Crippen molar-refractivity contribution in [2.75, 3.05) is 0 Å². The fraction of sp³-hybridized carbons (Fsp3) is 1.00. The molecule has 0 saturated heterocycles. The predicted octanol–water partition coefficient (Wildman–Crippen LogP) is 4.28. The van der Waals surface area contributed by atoms with Crippen LogP contribution in [-0.4, -0.2) is 51.4 Å². The van der Waals surface area contributed by atoms with Gasteiger partial charge in [0.05, 0.1) is 0 Å². The minimum absolute atomic E-state index is 0. The van der Waals surface area contributed by atoms with Gasteiger partial charge in [-0.3, -0.25) is 0 Å². The fourth-order valence-electron chi connectivity index (χ4n) is 1.56. The SMILES string of the molecule is CCCCCCCCCCCC.[KH]. The van der Waals surface area contributed by atoms with Crippen molar-refractivity contribution < 1.29 is 0 Å². The Morgan fingerprint density at radius 1 is 0.462 bits per heavy atom. The molecule has 0 spiro atoms. The standard InChI is InChI=1S/C12H26.K.H/c1-3-5-7-9-11-12-10-8-6-4-2;;/h3-12H2,1-2H3;;. The van der Waals surface area contributed by atoms with E-state index in [1.165, 1.54) is 64.2 Å². The first-order chi connectivity index (χ1) is 5.91. The molecule has 0 rings (SSSR count). The molecule has 0 aliphatic carbocycles. The van der Waals surface area contributed by atoms with Crippen LogP contribution in [0.4, 0.5) is 0 Å². The van der Waals surface area contributed by atoms with Gasteiger partial charge in [-0.25, -0.2) is 0 Å². The first-order valence-corrected chi connectivity index (χ1v) is 5.91. The van der Waals surface area contributed by atoms with Crippen molar-refractivity contribution in [1.29, 1.82) is 0 Å². The molecule has 0 aliphatic heterocycles. The molecular formula is C12H27K. The molecule has 0 saturated carbocycles.